The van der Waals surface area contributed by atoms with Crippen LogP contribution in [0.15, 0.2) is 48.5 Å². The Labute approximate surface area is 124 Å². The van der Waals surface area contributed by atoms with Crippen molar-refractivity contribution in [1.82, 2.24) is 0 Å². The van der Waals surface area contributed by atoms with Crippen LogP contribution >= 0.6 is 0 Å². The fraction of sp³-hybridized carbons (Fsp3) is 0.235. The van der Waals surface area contributed by atoms with Crippen LogP contribution in [0.5, 0.6) is 5.75 Å². The van der Waals surface area contributed by atoms with Crippen molar-refractivity contribution in [1.29, 1.82) is 0 Å². The molecule has 2 N–H and O–H groups in total. The van der Waals surface area contributed by atoms with Crippen molar-refractivity contribution in [2.75, 3.05) is 24.3 Å². The molecule has 1 unspecified atom stereocenters. The summed E-state index contributed by atoms with van der Waals surface area (Å²) >= 11 is 0. The van der Waals surface area contributed by atoms with E-state index in [-0.39, 0.29) is 11.8 Å². The Balaban J connectivity index is 1.65. The van der Waals surface area contributed by atoms with Gasteiger partial charge in [0.2, 0.25) is 5.91 Å². The normalized spacial score (nSPS) is 16.0. The van der Waals surface area contributed by atoms with E-state index in [1.165, 1.54) is 5.56 Å². The molecule has 1 atom stereocenters. The number of hydrogen-bond acceptors (Lipinski definition) is 3. The van der Waals surface area contributed by atoms with E-state index in [2.05, 4.69) is 22.8 Å². The van der Waals surface area contributed by atoms with Gasteiger partial charge in [-0.2, -0.15) is 0 Å². The second kappa shape index (κ2) is 5.87. The Hall–Kier alpha value is -2.49. The maximum atomic E-state index is 12.2. The molecule has 0 fully saturated rings. The number of nitrogens with one attached hydrogen (secondary N) is 2. The number of methoxy groups -OCH3 is 1. The van der Waals surface area contributed by atoms with Gasteiger partial charge in [0.25, 0.3) is 0 Å². The van der Waals surface area contributed by atoms with Gasteiger partial charge >= 0.3 is 0 Å². The van der Waals surface area contributed by atoms with Crippen LogP contribution in [0.25, 0.3) is 0 Å². The highest BCUT2D eigenvalue weighted by Gasteiger charge is 2.23. The molecule has 21 heavy (non-hydrogen) atoms. The van der Waals surface area contributed by atoms with Crippen LogP contribution in [0.3, 0.4) is 0 Å². The van der Waals surface area contributed by atoms with Crippen LogP contribution in [0.2, 0.25) is 0 Å². The smallest absolute Gasteiger partial charge is 0.225 e. The predicted molar refractivity (Wildman–Crippen MR) is 83.9 cm³/mol. The van der Waals surface area contributed by atoms with Crippen molar-refractivity contribution in [2.24, 2.45) is 0 Å². The summed E-state index contributed by atoms with van der Waals surface area (Å²) in [7, 11) is 1.61. The highest BCUT2D eigenvalue weighted by molar-refractivity contribution is 5.91. The third-order valence-electron chi connectivity index (χ3n) is 3.72. The van der Waals surface area contributed by atoms with Crippen molar-refractivity contribution < 1.29 is 9.53 Å². The van der Waals surface area contributed by atoms with Gasteiger partial charge in [-0.15, -0.1) is 0 Å². The molecule has 0 bridgehead atoms. The summed E-state index contributed by atoms with van der Waals surface area (Å²) in [5, 5.41) is 6.27. The van der Waals surface area contributed by atoms with E-state index in [0.29, 0.717) is 6.42 Å². The standard InChI is InChI=1S/C17H18N2O2/c1-21-14-6-4-5-13(10-14)19-17(20)9-12-11-18-16-8-3-2-7-15(12)16/h2-8,10,12,18H,9,11H2,1H3,(H,19,20). The van der Waals surface area contributed by atoms with E-state index in [1.54, 1.807) is 7.11 Å². The van der Waals surface area contributed by atoms with E-state index < -0.39 is 0 Å². The number of carbonyl (C=O) groups is 1. The first kappa shape index (κ1) is 13.5. The lowest BCUT2D eigenvalue weighted by molar-refractivity contribution is -0.116. The minimum atomic E-state index is 0.0201. The molecule has 4 heteroatoms. The van der Waals surface area contributed by atoms with Crippen LogP contribution < -0.4 is 15.4 Å². The molecule has 0 spiro atoms. The summed E-state index contributed by atoms with van der Waals surface area (Å²) in [5.41, 5.74) is 3.12. The maximum absolute atomic E-state index is 12.2. The van der Waals surface area contributed by atoms with E-state index in [0.717, 1.165) is 23.7 Å². The Morgan fingerprint density at radius 1 is 1.29 bits per heavy atom. The number of benzene rings is 2. The van der Waals surface area contributed by atoms with E-state index in [9.17, 15) is 4.79 Å². The van der Waals surface area contributed by atoms with Crippen molar-refractivity contribution in [3.63, 3.8) is 0 Å². The molecule has 3 rings (SSSR count). The number of fused-ring (bicyclic) bond motifs is 1. The second-order valence-corrected chi connectivity index (χ2v) is 5.15. The van der Waals surface area contributed by atoms with Gasteiger partial charge < -0.3 is 15.4 Å². The Morgan fingerprint density at radius 3 is 3.00 bits per heavy atom. The molecule has 1 heterocycles. The second-order valence-electron chi connectivity index (χ2n) is 5.15. The first-order valence-electron chi connectivity index (χ1n) is 7.03. The van der Waals surface area contributed by atoms with Gasteiger partial charge in [-0.25, -0.2) is 0 Å². The Morgan fingerprint density at radius 2 is 2.14 bits per heavy atom. The molecular formula is C17H18N2O2. The predicted octanol–water partition coefficient (Wildman–Crippen LogP) is 3.23. The summed E-state index contributed by atoms with van der Waals surface area (Å²) in [4.78, 5) is 12.2. The highest BCUT2D eigenvalue weighted by atomic mass is 16.5. The van der Waals surface area contributed by atoms with Crippen LogP contribution in [0, 0.1) is 0 Å². The Bertz CT molecular complexity index is 655. The van der Waals surface area contributed by atoms with Crippen molar-refractivity contribution in [3.05, 3.63) is 54.1 Å². The average molecular weight is 282 g/mol. The number of anilines is 2. The van der Waals surface area contributed by atoms with Crippen LogP contribution in [-0.4, -0.2) is 19.6 Å². The molecule has 108 valence electrons. The van der Waals surface area contributed by atoms with Crippen molar-refractivity contribution >= 4 is 17.3 Å². The molecule has 0 radical (unpaired) electrons. The van der Waals surface area contributed by atoms with Crippen molar-refractivity contribution in [2.45, 2.75) is 12.3 Å². The molecule has 1 aliphatic rings. The third kappa shape index (κ3) is 2.99. The third-order valence-corrected chi connectivity index (χ3v) is 3.72. The summed E-state index contributed by atoms with van der Waals surface area (Å²) < 4.78 is 5.16. The zero-order chi connectivity index (χ0) is 14.7. The number of carbonyl (C=O) groups excluding carboxylic acids is 1. The fourth-order valence-corrected chi connectivity index (χ4v) is 2.68. The van der Waals surface area contributed by atoms with Gasteiger partial charge in [0.15, 0.2) is 0 Å². The maximum Gasteiger partial charge on any atom is 0.225 e. The largest absolute Gasteiger partial charge is 0.497 e. The molecule has 2 aromatic carbocycles. The van der Waals surface area contributed by atoms with Gasteiger partial charge in [-0.1, -0.05) is 24.3 Å². The van der Waals surface area contributed by atoms with Gasteiger partial charge in [0.1, 0.15) is 5.75 Å². The first-order chi connectivity index (χ1) is 10.3. The number of hydrogen-bond donors (Lipinski definition) is 2. The first-order valence-corrected chi connectivity index (χ1v) is 7.03. The molecule has 0 saturated carbocycles. The number of rotatable bonds is 4. The molecule has 1 amide bonds. The lowest BCUT2D eigenvalue weighted by atomic mass is 9.97. The molecule has 0 aromatic heterocycles. The van der Waals surface area contributed by atoms with E-state index in [1.807, 2.05) is 36.4 Å². The Kier molecular flexibility index (Phi) is 3.77. The zero-order valence-corrected chi connectivity index (χ0v) is 11.9. The molecular weight excluding hydrogens is 264 g/mol. The summed E-state index contributed by atoms with van der Waals surface area (Å²) in [6.45, 7) is 0.810. The van der Waals surface area contributed by atoms with Gasteiger partial charge in [-0.05, 0) is 23.8 Å². The van der Waals surface area contributed by atoms with Crippen LogP contribution in [0.4, 0.5) is 11.4 Å². The van der Waals surface area contributed by atoms with Crippen LogP contribution in [-0.2, 0) is 4.79 Å². The molecule has 1 aliphatic heterocycles. The fourth-order valence-electron chi connectivity index (χ4n) is 2.68. The van der Waals surface area contributed by atoms with Gasteiger partial charge in [0.05, 0.1) is 7.11 Å². The minimum Gasteiger partial charge on any atom is -0.497 e. The molecule has 4 nitrogen and oxygen atoms in total. The SMILES string of the molecule is COc1cccc(NC(=O)CC2CNc3ccccc32)c1. The average Bonchev–Trinajstić information content (AvgIpc) is 2.91. The highest BCUT2D eigenvalue weighted by Crippen LogP contribution is 2.33. The lowest BCUT2D eigenvalue weighted by Crippen LogP contribution is -2.16. The van der Waals surface area contributed by atoms with Gasteiger partial charge in [-0.3, -0.25) is 4.79 Å². The lowest BCUT2D eigenvalue weighted by Gasteiger charge is -2.11. The quantitative estimate of drug-likeness (QED) is 0.905. The van der Waals surface area contributed by atoms with Gasteiger partial charge in [0, 0.05) is 36.3 Å². The van der Waals surface area contributed by atoms with E-state index >= 15 is 0 Å². The van der Waals surface area contributed by atoms with Crippen LogP contribution in [0.1, 0.15) is 17.9 Å². The monoisotopic (exact) mass is 282 g/mol. The molecule has 0 saturated heterocycles. The molecule has 2 aromatic rings. The number of amides is 1. The number of ether oxygens (including phenoxy) is 1. The minimum absolute atomic E-state index is 0.0201. The summed E-state index contributed by atoms with van der Waals surface area (Å²) in [5.74, 6) is 0.985. The molecule has 0 aliphatic carbocycles. The zero-order valence-electron chi connectivity index (χ0n) is 11.9. The summed E-state index contributed by atoms with van der Waals surface area (Å²) in [6, 6.07) is 15.5. The summed E-state index contributed by atoms with van der Waals surface area (Å²) in [6.07, 6.45) is 0.473. The topological polar surface area (TPSA) is 50.4 Å². The number of para-hydroxylation sites is 1. The van der Waals surface area contributed by atoms with E-state index in [4.69, 9.17) is 4.74 Å². The van der Waals surface area contributed by atoms with Crippen molar-refractivity contribution in [3.8, 4) is 5.75 Å².